The maximum Gasteiger partial charge on any atom is 0.422 e. The molecule has 7 heteroatoms. The number of rotatable bonds is 4. The van der Waals surface area contributed by atoms with Gasteiger partial charge in [0.1, 0.15) is 11.5 Å². The Morgan fingerprint density at radius 3 is 2.57 bits per heavy atom. The average molecular weight is 298 g/mol. The molecule has 1 aromatic heterocycles. The molecule has 0 fully saturated rings. The fourth-order valence-corrected chi connectivity index (χ4v) is 1.80. The van der Waals surface area contributed by atoms with Gasteiger partial charge in [0, 0.05) is 35.3 Å². The highest BCUT2D eigenvalue weighted by Gasteiger charge is 2.28. The Morgan fingerprint density at radius 1 is 1.19 bits per heavy atom. The van der Waals surface area contributed by atoms with Crippen LogP contribution in [0.3, 0.4) is 0 Å². The summed E-state index contributed by atoms with van der Waals surface area (Å²) in [6.45, 7) is -1.36. The Balaban J connectivity index is 2.27. The number of benzene rings is 1. The van der Waals surface area contributed by atoms with Crippen molar-refractivity contribution in [3.63, 3.8) is 0 Å². The lowest BCUT2D eigenvalue weighted by Crippen LogP contribution is -2.19. The van der Waals surface area contributed by atoms with Crippen LogP contribution in [-0.4, -0.2) is 24.9 Å². The second-order valence-electron chi connectivity index (χ2n) is 4.23. The fraction of sp³-hybridized carbons (Fsp3) is 0.214. The van der Waals surface area contributed by atoms with Crippen LogP contribution in [0, 0.1) is 0 Å². The van der Waals surface area contributed by atoms with Gasteiger partial charge in [-0.05, 0) is 18.2 Å². The summed E-state index contributed by atoms with van der Waals surface area (Å²) in [7, 11) is 1.51. The first-order valence-electron chi connectivity index (χ1n) is 5.98. The number of aromatic nitrogens is 1. The number of nitrogens with two attached hydrogens (primary N) is 1. The maximum absolute atomic E-state index is 12.1. The maximum atomic E-state index is 12.1. The predicted molar refractivity (Wildman–Crippen MR) is 72.2 cm³/mol. The first-order valence-corrected chi connectivity index (χ1v) is 5.98. The van der Waals surface area contributed by atoms with Gasteiger partial charge in [0.05, 0.1) is 7.11 Å². The molecule has 0 radical (unpaired) electrons. The van der Waals surface area contributed by atoms with Crippen LogP contribution in [0.2, 0.25) is 0 Å². The topological polar surface area (TPSA) is 57.4 Å². The molecule has 2 N–H and O–H groups in total. The van der Waals surface area contributed by atoms with Crippen molar-refractivity contribution in [1.29, 1.82) is 0 Å². The molecule has 0 unspecified atom stereocenters. The van der Waals surface area contributed by atoms with E-state index in [4.69, 9.17) is 10.5 Å². The predicted octanol–water partition coefficient (Wildman–Crippen LogP) is 3.28. The van der Waals surface area contributed by atoms with Crippen molar-refractivity contribution in [3.8, 4) is 22.6 Å². The smallest absolute Gasteiger partial charge is 0.422 e. The molecule has 1 heterocycles. The van der Waals surface area contributed by atoms with Gasteiger partial charge in [-0.25, -0.2) is 0 Å². The fourth-order valence-electron chi connectivity index (χ4n) is 1.80. The third-order valence-electron chi connectivity index (χ3n) is 2.72. The molecule has 0 aliphatic heterocycles. The highest BCUT2D eigenvalue weighted by atomic mass is 19.4. The highest BCUT2D eigenvalue weighted by Crippen LogP contribution is 2.35. The average Bonchev–Trinajstić information content (AvgIpc) is 2.44. The Kier molecular flexibility index (Phi) is 4.21. The van der Waals surface area contributed by atoms with E-state index >= 15 is 0 Å². The number of pyridine rings is 1. The van der Waals surface area contributed by atoms with E-state index in [1.54, 1.807) is 24.5 Å². The molecule has 0 atom stereocenters. The number of alkyl halides is 3. The number of nitrogens with zero attached hydrogens (tertiary/aromatic N) is 1. The molecule has 0 aliphatic carbocycles. The SMILES string of the molecule is COc1ccncc1-c1ccc(OCC(F)(F)F)cc1N. The number of nitrogen functional groups attached to an aromatic ring is 1. The Hall–Kier alpha value is -2.44. The minimum absolute atomic E-state index is 0.0523. The standard InChI is InChI=1S/C14H13F3N2O2/c1-20-13-4-5-19-7-11(13)10-3-2-9(6-12(10)18)21-8-14(15,16)17/h2-7H,8,18H2,1H3. The minimum Gasteiger partial charge on any atom is -0.496 e. The lowest BCUT2D eigenvalue weighted by molar-refractivity contribution is -0.153. The van der Waals surface area contributed by atoms with Crippen LogP contribution in [0.1, 0.15) is 0 Å². The number of halogens is 3. The van der Waals surface area contributed by atoms with E-state index in [-0.39, 0.29) is 11.4 Å². The van der Waals surface area contributed by atoms with Gasteiger partial charge in [0.2, 0.25) is 0 Å². The van der Waals surface area contributed by atoms with Crippen LogP contribution in [0.25, 0.3) is 11.1 Å². The normalized spacial score (nSPS) is 11.2. The van der Waals surface area contributed by atoms with Gasteiger partial charge in [0.25, 0.3) is 0 Å². The van der Waals surface area contributed by atoms with Gasteiger partial charge in [-0.2, -0.15) is 13.2 Å². The molecule has 21 heavy (non-hydrogen) atoms. The molecule has 2 rings (SSSR count). The van der Waals surface area contributed by atoms with Crippen LogP contribution >= 0.6 is 0 Å². The second-order valence-corrected chi connectivity index (χ2v) is 4.23. The van der Waals surface area contributed by atoms with Crippen molar-refractivity contribution in [3.05, 3.63) is 36.7 Å². The third-order valence-corrected chi connectivity index (χ3v) is 2.72. The van der Waals surface area contributed by atoms with E-state index in [0.29, 0.717) is 16.9 Å². The van der Waals surface area contributed by atoms with Gasteiger partial charge < -0.3 is 15.2 Å². The monoisotopic (exact) mass is 298 g/mol. The van der Waals surface area contributed by atoms with Crippen LogP contribution in [0.15, 0.2) is 36.7 Å². The number of hydrogen-bond donors (Lipinski definition) is 1. The minimum atomic E-state index is -4.39. The number of methoxy groups -OCH3 is 1. The van der Waals surface area contributed by atoms with E-state index in [9.17, 15) is 13.2 Å². The Bertz CT molecular complexity index is 630. The molecular weight excluding hydrogens is 285 g/mol. The van der Waals surface area contributed by atoms with E-state index in [1.165, 1.54) is 19.2 Å². The first kappa shape index (κ1) is 15.0. The van der Waals surface area contributed by atoms with Crippen molar-refractivity contribution in [2.24, 2.45) is 0 Å². The summed E-state index contributed by atoms with van der Waals surface area (Å²) in [6.07, 6.45) is -1.25. The van der Waals surface area contributed by atoms with Crippen molar-refractivity contribution in [1.82, 2.24) is 4.98 Å². The first-order chi connectivity index (χ1) is 9.90. The van der Waals surface area contributed by atoms with Crippen molar-refractivity contribution >= 4 is 5.69 Å². The molecule has 0 amide bonds. The van der Waals surface area contributed by atoms with E-state index in [0.717, 1.165) is 0 Å². The Labute approximate surface area is 119 Å². The van der Waals surface area contributed by atoms with Crippen molar-refractivity contribution < 1.29 is 22.6 Å². The molecule has 0 spiro atoms. The number of ether oxygens (including phenoxy) is 2. The largest absolute Gasteiger partial charge is 0.496 e. The zero-order valence-electron chi connectivity index (χ0n) is 11.1. The molecule has 1 aromatic carbocycles. The molecule has 0 saturated heterocycles. The molecule has 4 nitrogen and oxygen atoms in total. The lowest BCUT2D eigenvalue weighted by Gasteiger charge is -2.13. The lowest BCUT2D eigenvalue weighted by atomic mass is 10.0. The summed E-state index contributed by atoms with van der Waals surface area (Å²) in [5.41, 5.74) is 7.41. The van der Waals surface area contributed by atoms with Gasteiger partial charge in [-0.15, -0.1) is 0 Å². The molecule has 0 bridgehead atoms. The van der Waals surface area contributed by atoms with Crippen molar-refractivity contribution in [2.75, 3.05) is 19.5 Å². The van der Waals surface area contributed by atoms with Gasteiger partial charge >= 0.3 is 6.18 Å². The summed E-state index contributed by atoms with van der Waals surface area (Å²) in [5.74, 6) is 0.622. The number of hydrogen-bond acceptors (Lipinski definition) is 4. The summed E-state index contributed by atoms with van der Waals surface area (Å²) in [6, 6.07) is 6.00. The van der Waals surface area contributed by atoms with Gasteiger partial charge in [0.15, 0.2) is 6.61 Å². The molecular formula is C14H13F3N2O2. The van der Waals surface area contributed by atoms with Crippen LogP contribution in [-0.2, 0) is 0 Å². The number of anilines is 1. The third kappa shape index (κ3) is 3.77. The van der Waals surface area contributed by atoms with E-state index in [2.05, 4.69) is 9.72 Å². The zero-order chi connectivity index (χ0) is 15.5. The zero-order valence-corrected chi connectivity index (χ0v) is 11.1. The van der Waals surface area contributed by atoms with Crippen LogP contribution < -0.4 is 15.2 Å². The molecule has 0 saturated carbocycles. The molecule has 2 aromatic rings. The van der Waals surface area contributed by atoms with Crippen molar-refractivity contribution in [2.45, 2.75) is 6.18 Å². The summed E-state index contributed by atoms with van der Waals surface area (Å²) in [4.78, 5) is 3.99. The summed E-state index contributed by atoms with van der Waals surface area (Å²) < 4.78 is 46.2. The second kappa shape index (κ2) is 5.90. The summed E-state index contributed by atoms with van der Waals surface area (Å²) >= 11 is 0. The van der Waals surface area contributed by atoms with Gasteiger partial charge in [-0.1, -0.05) is 0 Å². The van der Waals surface area contributed by atoms with Crippen LogP contribution in [0.4, 0.5) is 18.9 Å². The highest BCUT2D eigenvalue weighted by molar-refractivity contribution is 5.80. The quantitative estimate of drug-likeness (QED) is 0.880. The van der Waals surface area contributed by atoms with Crippen LogP contribution in [0.5, 0.6) is 11.5 Å². The Morgan fingerprint density at radius 2 is 1.95 bits per heavy atom. The molecule has 0 aliphatic rings. The summed E-state index contributed by atoms with van der Waals surface area (Å²) in [5, 5.41) is 0. The van der Waals surface area contributed by atoms with E-state index < -0.39 is 12.8 Å². The van der Waals surface area contributed by atoms with E-state index in [1.807, 2.05) is 0 Å². The molecule has 112 valence electrons. The van der Waals surface area contributed by atoms with Gasteiger partial charge in [-0.3, -0.25) is 4.98 Å².